The predicted octanol–water partition coefficient (Wildman–Crippen LogP) is 2.54. The number of anilines is 1. The van der Waals surface area contributed by atoms with E-state index in [4.69, 9.17) is 0 Å². The van der Waals surface area contributed by atoms with Crippen LogP contribution in [0.4, 0.5) is 5.13 Å². The molecule has 0 unspecified atom stereocenters. The van der Waals surface area contributed by atoms with Gasteiger partial charge >= 0.3 is 0 Å². The van der Waals surface area contributed by atoms with Crippen LogP contribution in [0.15, 0.2) is 5.38 Å². The predicted molar refractivity (Wildman–Crippen MR) is 83.9 cm³/mol. The Hall–Kier alpha value is -0.660. The minimum atomic E-state index is -3.26. The Morgan fingerprint density at radius 1 is 1.40 bits per heavy atom. The van der Waals surface area contributed by atoms with Crippen LogP contribution in [0.3, 0.4) is 0 Å². The molecule has 5 nitrogen and oxygen atoms in total. The quantitative estimate of drug-likeness (QED) is 0.687. The second kappa shape index (κ2) is 6.87. The Kier molecular flexibility index (Phi) is 5.40. The van der Waals surface area contributed by atoms with Crippen molar-refractivity contribution in [1.29, 1.82) is 0 Å². The maximum Gasteiger partial charge on any atom is 0.234 e. The molecule has 0 amide bonds. The van der Waals surface area contributed by atoms with Crippen molar-refractivity contribution in [2.75, 3.05) is 17.0 Å². The molecule has 2 N–H and O–H groups in total. The lowest BCUT2D eigenvalue weighted by atomic mass is 10.3. The molecular formula is C13H23N3O2S2. The van der Waals surface area contributed by atoms with Crippen LogP contribution in [-0.2, 0) is 10.0 Å². The van der Waals surface area contributed by atoms with Crippen molar-refractivity contribution in [2.24, 2.45) is 0 Å². The molecule has 0 radical (unpaired) electrons. The highest BCUT2D eigenvalue weighted by atomic mass is 32.2. The molecule has 0 bridgehead atoms. The molecule has 20 heavy (non-hydrogen) atoms. The summed E-state index contributed by atoms with van der Waals surface area (Å²) in [6.45, 7) is 5.02. The first-order valence-corrected chi connectivity index (χ1v) is 9.69. The third kappa shape index (κ3) is 5.38. The first-order chi connectivity index (χ1) is 9.46. The zero-order valence-electron chi connectivity index (χ0n) is 12.1. The number of aromatic nitrogens is 1. The van der Waals surface area contributed by atoms with Crippen LogP contribution >= 0.6 is 11.3 Å². The van der Waals surface area contributed by atoms with Crippen molar-refractivity contribution in [3.63, 3.8) is 0 Å². The van der Waals surface area contributed by atoms with Crippen LogP contribution in [0.2, 0.25) is 0 Å². The second-order valence-electron chi connectivity index (χ2n) is 5.59. The Balaban J connectivity index is 1.72. The summed E-state index contributed by atoms with van der Waals surface area (Å²) in [6, 6.07) is 0.445. The summed E-state index contributed by atoms with van der Waals surface area (Å²) in [7, 11) is -3.26. The summed E-state index contributed by atoms with van der Waals surface area (Å²) in [5.74, 6) is 0.720. The summed E-state index contributed by atoms with van der Waals surface area (Å²) in [4.78, 5) is 4.34. The fourth-order valence-corrected chi connectivity index (χ4v) is 4.10. The van der Waals surface area contributed by atoms with E-state index in [1.54, 1.807) is 0 Å². The number of rotatable bonds is 9. The van der Waals surface area contributed by atoms with Gasteiger partial charge in [0.05, 0.1) is 11.4 Å². The molecular weight excluding hydrogens is 294 g/mol. The number of hydrogen-bond acceptors (Lipinski definition) is 5. The summed E-state index contributed by atoms with van der Waals surface area (Å²) in [5.41, 5.74) is 1.04. The van der Waals surface area contributed by atoms with Gasteiger partial charge in [0.1, 0.15) is 0 Å². The molecule has 1 saturated carbocycles. The minimum absolute atomic E-state index is 0.158. The zero-order chi connectivity index (χ0) is 14.6. The fourth-order valence-electron chi connectivity index (χ4n) is 1.89. The first kappa shape index (κ1) is 15.7. The van der Waals surface area contributed by atoms with Gasteiger partial charge < -0.3 is 5.32 Å². The molecule has 1 aliphatic rings. The zero-order valence-corrected chi connectivity index (χ0v) is 13.7. The smallest absolute Gasteiger partial charge is 0.234 e. The first-order valence-electron chi connectivity index (χ1n) is 7.15. The summed E-state index contributed by atoms with van der Waals surface area (Å²) < 4.78 is 26.4. The maximum atomic E-state index is 11.9. The second-order valence-corrected chi connectivity index (χ2v) is 8.29. The number of unbranched alkanes of at least 4 members (excludes halogenated alkanes) is 1. The molecule has 1 heterocycles. The highest BCUT2D eigenvalue weighted by molar-refractivity contribution is 7.92. The van der Waals surface area contributed by atoms with Gasteiger partial charge in [0.15, 0.2) is 5.13 Å². The largest absolute Gasteiger partial charge is 0.315 e. The molecule has 1 aromatic heterocycles. The van der Waals surface area contributed by atoms with Gasteiger partial charge in [-0.3, -0.25) is 4.72 Å². The van der Waals surface area contributed by atoms with Crippen molar-refractivity contribution < 1.29 is 8.42 Å². The van der Waals surface area contributed by atoms with Gasteiger partial charge in [0, 0.05) is 17.3 Å². The van der Waals surface area contributed by atoms with Gasteiger partial charge in [-0.25, -0.2) is 13.4 Å². The number of nitrogens with zero attached hydrogens (tertiary/aromatic N) is 1. The highest BCUT2D eigenvalue weighted by Crippen LogP contribution is 2.40. The normalized spacial score (nSPS) is 15.8. The van der Waals surface area contributed by atoms with Crippen LogP contribution < -0.4 is 10.0 Å². The van der Waals surface area contributed by atoms with Crippen molar-refractivity contribution in [1.82, 2.24) is 10.3 Å². The Morgan fingerprint density at radius 3 is 2.80 bits per heavy atom. The highest BCUT2D eigenvalue weighted by Gasteiger charge is 2.26. The van der Waals surface area contributed by atoms with Crippen LogP contribution in [0.1, 0.15) is 51.1 Å². The van der Waals surface area contributed by atoms with E-state index in [9.17, 15) is 8.42 Å². The average molecular weight is 317 g/mol. The maximum absolute atomic E-state index is 11.9. The van der Waals surface area contributed by atoms with E-state index in [0.717, 1.165) is 18.7 Å². The van der Waals surface area contributed by atoms with E-state index >= 15 is 0 Å². The van der Waals surface area contributed by atoms with Gasteiger partial charge in [-0.1, -0.05) is 13.8 Å². The molecule has 0 saturated heterocycles. The Labute approximate surface area is 125 Å². The van der Waals surface area contributed by atoms with Crippen molar-refractivity contribution in [3.8, 4) is 0 Å². The molecule has 2 rings (SSSR count). The molecule has 0 aromatic carbocycles. The van der Waals surface area contributed by atoms with E-state index in [-0.39, 0.29) is 5.75 Å². The van der Waals surface area contributed by atoms with Gasteiger partial charge in [-0.15, -0.1) is 11.3 Å². The Bertz CT molecular complexity index is 521. The van der Waals surface area contributed by atoms with Crippen molar-refractivity contribution >= 4 is 26.5 Å². The molecule has 1 fully saturated rings. The van der Waals surface area contributed by atoms with E-state index in [1.807, 2.05) is 5.38 Å². The summed E-state index contributed by atoms with van der Waals surface area (Å²) >= 11 is 1.38. The van der Waals surface area contributed by atoms with Crippen molar-refractivity contribution in [2.45, 2.75) is 51.5 Å². The number of hydrogen-bond donors (Lipinski definition) is 2. The Morgan fingerprint density at radius 2 is 2.15 bits per heavy atom. The van der Waals surface area contributed by atoms with Crippen molar-refractivity contribution in [3.05, 3.63) is 11.1 Å². The van der Waals surface area contributed by atoms with Crippen LogP contribution in [0.5, 0.6) is 0 Å². The van der Waals surface area contributed by atoms with Gasteiger partial charge in [0.2, 0.25) is 10.0 Å². The molecule has 1 aliphatic carbocycles. The van der Waals surface area contributed by atoms with Crippen LogP contribution in [0, 0.1) is 0 Å². The molecule has 0 aliphatic heterocycles. The fraction of sp³-hybridized carbons (Fsp3) is 0.769. The van der Waals surface area contributed by atoms with Crippen LogP contribution in [0.25, 0.3) is 0 Å². The lowest BCUT2D eigenvalue weighted by Gasteiger charge is -2.08. The van der Waals surface area contributed by atoms with E-state index in [2.05, 4.69) is 28.9 Å². The number of sulfonamides is 1. The summed E-state index contributed by atoms with van der Waals surface area (Å²) in [5, 5.41) is 5.75. The lowest BCUT2D eigenvalue weighted by molar-refractivity contribution is 0.561. The number of nitrogens with one attached hydrogen (secondary N) is 2. The number of thiazole rings is 1. The minimum Gasteiger partial charge on any atom is -0.315 e. The average Bonchev–Trinajstić information content (AvgIpc) is 3.10. The monoisotopic (exact) mass is 317 g/mol. The topological polar surface area (TPSA) is 71.1 Å². The van der Waals surface area contributed by atoms with E-state index < -0.39 is 10.0 Å². The lowest BCUT2D eigenvalue weighted by Crippen LogP contribution is -2.24. The van der Waals surface area contributed by atoms with Crippen LogP contribution in [-0.4, -0.2) is 31.7 Å². The SMILES string of the molecule is CC(C)NCCCCS(=O)(=O)Nc1nc(C2CC2)cs1. The molecule has 0 spiro atoms. The molecule has 0 atom stereocenters. The van der Waals surface area contributed by atoms with E-state index in [1.165, 1.54) is 24.2 Å². The summed E-state index contributed by atoms with van der Waals surface area (Å²) in [6.07, 6.45) is 3.89. The molecule has 1 aromatic rings. The van der Waals surface area contributed by atoms with Gasteiger partial charge in [-0.2, -0.15) is 0 Å². The standard InChI is InChI=1S/C13H23N3O2S2/c1-10(2)14-7-3-4-8-20(17,18)16-13-15-12(9-19-13)11-5-6-11/h9-11,14H,3-8H2,1-2H3,(H,15,16). The molecule has 7 heteroatoms. The molecule has 114 valence electrons. The third-order valence-corrected chi connectivity index (χ3v) is 5.39. The van der Waals surface area contributed by atoms with Gasteiger partial charge in [-0.05, 0) is 32.2 Å². The third-order valence-electron chi connectivity index (χ3n) is 3.15. The van der Waals surface area contributed by atoms with Gasteiger partial charge in [0.25, 0.3) is 0 Å². The van der Waals surface area contributed by atoms with E-state index in [0.29, 0.717) is 23.5 Å².